The lowest BCUT2D eigenvalue weighted by Gasteiger charge is -2.32. The molecule has 23 heavy (non-hydrogen) atoms. The Morgan fingerprint density at radius 1 is 1.17 bits per heavy atom. The topological polar surface area (TPSA) is 68.8 Å². The molecule has 0 N–H and O–H groups in total. The van der Waals surface area contributed by atoms with Gasteiger partial charge in [0.25, 0.3) is 5.56 Å². The fourth-order valence-electron chi connectivity index (χ4n) is 3.07. The quantitative estimate of drug-likeness (QED) is 0.818. The van der Waals surface area contributed by atoms with E-state index >= 15 is 0 Å². The van der Waals surface area contributed by atoms with Crippen LogP contribution < -0.4 is 5.56 Å². The van der Waals surface area contributed by atoms with E-state index in [1.165, 1.54) is 0 Å². The zero-order chi connectivity index (χ0) is 16.2. The lowest BCUT2D eigenvalue weighted by atomic mass is 9.96. The average Bonchev–Trinajstić information content (AvgIpc) is 3.08. The van der Waals surface area contributed by atoms with E-state index < -0.39 is 0 Å². The van der Waals surface area contributed by atoms with Crippen LogP contribution in [0.25, 0.3) is 0 Å². The molecule has 2 aromatic rings. The Bertz CT molecular complexity index is 685. The highest BCUT2D eigenvalue weighted by atomic mass is 16.1. The lowest BCUT2D eigenvalue weighted by molar-refractivity contribution is 0.166. The van der Waals surface area contributed by atoms with Crippen molar-refractivity contribution >= 4 is 0 Å². The number of hydrogen-bond donors (Lipinski definition) is 0. The van der Waals surface area contributed by atoms with Gasteiger partial charge in [-0.1, -0.05) is 0 Å². The zero-order valence-electron chi connectivity index (χ0n) is 13.9. The Kier molecular flexibility index (Phi) is 4.85. The van der Waals surface area contributed by atoms with Gasteiger partial charge in [-0.15, -0.1) is 0 Å². The summed E-state index contributed by atoms with van der Waals surface area (Å²) in [5.74, 6) is 0.555. The zero-order valence-corrected chi connectivity index (χ0v) is 13.9. The van der Waals surface area contributed by atoms with Crippen molar-refractivity contribution < 1.29 is 0 Å². The number of piperidine rings is 1. The largest absolute Gasteiger partial charge is 0.301 e. The summed E-state index contributed by atoms with van der Waals surface area (Å²) < 4.78 is 3.64. The van der Waals surface area contributed by atoms with Gasteiger partial charge < -0.3 is 4.90 Å². The molecule has 0 atom stereocenters. The summed E-state index contributed by atoms with van der Waals surface area (Å²) in [4.78, 5) is 23.0. The van der Waals surface area contributed by atoms with Crippen molar-refractivity contribution in [1.29, 1.82) is 0 Å². The first-order valence-corrected chi connectivity index (χ1v) is 8.21. The fourth-order valence-corrected chi connectivity index (χ4v) is 3.07. The number of rotatable bonds is 5. The van der Waals surface area contributed by atoms with Gasteiger partial charge in [-0.2, -0.15) is 5.10 Å². The van der Waals surface area contributed by atoms with Gasteiger partial charge in [0.2, 0.25) is 0 Å². The van der Waals surface area contributed by atoms with Crippen LogP contribution in [0.3, 0.4) is 0 Å². The highest BCUT2D eigenvalue weighted by Crippen LogP contribution is 2.18. The average molecular weight is 316 g/mol. The predicted molar refractivity (Wildman–Crippen MR) is 87.2 cm³/mol. The van der Waals surface area contributed by atoms with Crippen molar-refractivity contribution in [3.8, 4) is 0 Å². The van der Waals surface area contributed by atoms with Crippen molar-refractivity contribution in [2.75, 3.05) is 19.6 Å². The highest BCUT2D eigenvalue weighted by Gasteiger charge is 2.20. The first-order valence-electron chi connectivity index (χ1n) is 8.21. The second-order valence-electron chi connectivity index (χ2n) is 6.36. The maximum absolute atomic E-state index is 12.3. The lowest BCUT2D eigenvalue weighted by Crippen LogP contribution is -2.38. The van der Waals surface area contributed by atoms with Gasteiger partial charge in [-0.25, -0.2) is 9.97 Å². The fraction of sp³-hybridized carbons (Fsp3) is 0.625. The Morgan fingerprint density at radius 3 is 2.65 bits per heavy atom. The Balaban J connectivity index is 1.49. The van der Waals surface area contributed by atoms with E-state index in [2.05, 4.69) is 20.0 Å². The summed E-state index contributed by atoms with van der Waals surface area (Å²) in [5.41, 5.74) is 1.69. The molecule has 7 nitrogen and oxygen atoms in total. The van der Waals surface area contributed by atoms with Crippen molar-refractivity contribution in [3.63, 3.8) is 0 Å². The summed E-state index contributed by atoms with van der Waals surface area (Å²) in [6.45, 7) is 8.55. The van der Waals surface area contributed by atoms with E-state index in [1.54, 1.807) is 23.5 Å². The molecular formula is C16H24N6O. The minimum Gasteiger partial charge on any atom is -0.301 e. The van der Waals surface area contributed by atoms with E-state index in [0.717, 1.165) is 56.8 Å². The monoisotopic (exact) mass is 316 g/mol. The molecule has 0 aliphatic carbocycles. The molecule has 0 spiro atoms. The number of aryl methyl sites for hydroxylation is 1. The molecular weight excluding hydrogens is 292 g/mol. The molecule has 1 aliphatic heterocycles. The maximum atomic E-state index is 12.3. The second-order valence-corrected chi connectivity index (χ2v) is 6.36. The van der Waals surface area contributed by atoms with Crippen LogP contribution in [-0.4, -0.2) is 48.8 Å². The molecule has 7 heteroatoms. The molecule has 1 fully saturated rings. The minimum atomic E-state index is 0.103. The van der Waals surface area contributed by atoms with E-state index in [9.17, 15) is 4.79 Å². The number of hydrogen-bond acceptors (Lipinski definition) is 5. The predicted octanol–water partition coefficient (Wildman–Crippen LogP) is 0.864. The molecule has 124 valence electrons. The molecule has 0 amide bonds. The Hall–Kier alpha value is -2.02. The number of aromatic nitrogens is 5. The van der Waals surface area contributed by atoms with Crippen LogP contribution in [0, 0.1) is 19.8 Å². The van der Waals surface area contributed by atoms with Crippen molar-refractivity contribution in [2.45, 2.75) is 39.8 Å². The molecule has 2 aromatic heterocycles. The molecule has 0 saturated carbocycles. The number of nitrogens with zero attached hydrogens (tertiary/aromatic N) is 6. The summed E-state index contributed by atoms with van der Waals surface area (Å²) >= 11 is 0. The standard InChI is InChI=1S/C16H24N6O/c1-13-14(2)18-12-21(16(13)23)9-15-3-5-20(6-4-15)7-8-22-11-17-10-19-22/h10-12,15H,3-9H2,1-2H3. The summed E-state index contributed by atoms with van der Waals surface area (Å²) in [6, 6.07) is 0. The molecule has 0 bridgehead atoms. The van der Waals surface area contributed by atoms with Gasteiger partial charge in [0, 0.05) is 24.3 Å². The minimum absolute atomic E-state index is 0.103. The van der Waals surface area contributed by atoms with Crippen LogP contribution in [-0.2, 0) is 13.1 Å². The van der Waals surface area contributed by atoms with Gasteiger partial charge in [-0.05, 0) is 45.7 Å². The highest BCUT2D eigenvalue weighted by molar-refractivity contribution is 5.12. The van der Waals surface area contributed by atoms with Crippen LogP contribution in [0.2, 0.25) is 0 Å². The van der Waals surface area contributed by atoms with E-state index in [0.29, 0.717) is 5.92 Å². The van der Waals surface area contributed by atoms with Crippen LogP contribution >= 0.6 is 0 Å². The van der Waals surface area contributed by atoms with Crippen LogP contribution in [0.1, 0.15) is 24.1 Å². The molecule has 3 heterocycles. The van der Waals surface area contributed by atoms with Crippen molar-refractivity contribution in [2.24, 2.45) is 5.92 Å². The Labute approximate surface area is 136 Å². The van der Waals surface area contributed by atoms with Crippen LogP contribution in [0.4, 0.5) is 0 Å². The van der Waals surface area contributed by atoms with Crippen molar-refractivity contribution in [3.05, 3.63) is 40.6 Å². The number of likely N-dealkylation sites (tertiary alicyclic amines) is 1. The van der Waals surface area contributed by atoms with Crippen LogP contribution in [0.5, 0.6) is 0 Å². The molecule has 1 aliphatic rings. The third kappa shape index (κ3) is 3.85. The smallest absolute Gasteiger partial charge is 0.256 e. The SMILES string of the molecule is Cc1ncn(CC2CCN(CCn3cncn3)CC2)c(=O)c1C. The molecule has 0 radical (unpaired) electrons. The van der Waals surface area contributed by atoms with Gasteiger partial charge in [-0.3, -0.25) is 14.0 Å². The molecule has 1 saturated heterocycles. The molecule has 0 unspecified atom stereocenters. The summed E-state index contributed by atoms with van der Waals surface area (Å²) in [7, 11) is 0. The molecule has 0 aromatic carbocycles. The van der Waals surface area contributed by atoms with Gasteiger partial charge in [0.05, 0.1) is 12.9 Å². The third-order valence-electron chi connectivity index (χ3n) is 4.79. The van der Waals surface area contributed by atoms with Gasteiger partial charge >= 0.3 is 0 Å². The molecule has 3 rings (SSSR count). The summed E-state index contributed by atoms with van der Waals surface area (Å²) in [5, 5.41) is 4.13. The van der Waals surface area contributed by atoms with Crippen molar-refractivity contribution in [1.82, 2.24) is 29.2 Å². The Morgan fingerprint density at radius 2 is 1.96 bits per heavy atom. The maximum Gasteiger partial charge on any atom is 0.256 e. The first-order chi connectivity index (χ1) is 11.1. The van der Waals surface area contributed by atoms with E-state index in [1.807, 2.05) is 18.5 Å². The third-order valence-corrected chi connectivity index (χ3v) is 4.79. The normalized spacial score (nSPS) is 16.8. The first kappa shape index (κ1) is 15.9. The summed E-state index contributed by atoms with van der Waals surface area (Å²) in [6.07, 6.45) is 7.27. The second kappa shape index (κ2) is 7.04. The van der Waals surface area contributed by atoms with Gasteiger partial charge in [0.15, 0.2) is 0 Å². The van der Waals surface area contributed by atoms with Crippen LogP contribution in [0.15, 0.2) is 23.8 Å². The van der Waals surface area contributed by atoms with E-state index in [-0.39, 0.29) is 5.56 Å². The van der Waals surface area contributed by atoms with Gasteiger partial charge in [0.1, 0.15) is 12.7 Å². The van der Waals surface area contributed by atoms with E-state index in [4.69, 9.17) is 0 Å².